The summed E-state index contributed by atoms with van der Waals surface area (Å²) in [7, 11) is 1.96. The number of anilines is 1. The topological polar surface area (TPSA) is 78.9 Å². The largest absolute Gasteiger partial charge is 0.482 e. The van der Waals surface area contributed by atoms with Gasteiger partial charge in [0.2, 0.25) is 0 Å². The number of hydrogen-bond acceptors (Lipinski definition) is 6. The average Bonchev–Trinajstić information content (AvgIpc) is 3.28. The first kappa shape index (κ1) is 20.6. The van der Waals surface area contributed by atoms with Crippen LogP contribution in [0.2, 0.25) is 0 Å². The van der Waals surface area contributed by atoms with Crippen LogP contribution in [0, 0.1) is 12.7 Å². The highest BCUT2D eigenvalue weighted by molar-refractivity contribution is 7.12. The van der Waals surface area contributed by atoms with Gasteiger partial charge in [0.05, 0.1) is 22.1 Å². The fourth-order valence-corrected chi connectivity index (χ4v) is 5.34. The predicted octanol–water partition coefficient (Wildman–Crippen LogP) is 5.24. The lowest BCUT2D eigenvalue weighted by Gasteiger charge is -2.21. The van der Waals surface area contributed by atoms with E-state index in [9.17, 15) is 4.39 Å². The van der Waals surface area contributed by atoms with Gasteiger partial charge in [-0.15, -0.1) is 11.3 Å². The van der Waals surface area contributed by atoms with E-state index < -0.39 is 6.10 Å². The number of aromatic nitrogens is 4. The molecule has 6 nitrogen and oxygen atoms in total. The van der Waals surface area contributed by atoms with Crippen molar-refractivity contribution in [1.29, 1.82) is 0 Å². The number of nitrogen functional groups attached to an aromatic ring is 1. The molecule has 0 radical (unpaired) electrons. The van der Waals surface area contributed by atoms with Crippen molar-refractivity contribution < 1.29 is 9.13 Å². The molecule has 0 fully saturated rings. The van der Waals surface area contributed by atoms with Gasteiger partial charge in [-0.25, -0.2) is 14.4 Å². The third-order valence-corrected chi connectivity index (χ3v) is 6.86. The Kier molecular flexibility index (Phi) is 4.97. The van der Waals surface area contributed by atoms with E-state index in [1.54, 1.807) is 23.6 Å². The molecule has 8 heteroatoms. The van der Waals surface area contributed by atoms with E-state index in [0.717, 1.165) is 55.6 Å². The number of thiazole rings is 1. The molecule has 1 unspecified atom stereocenters. The van der Waals surface area contributed by atoms with Crippen LogP contribution in [-0.2, 0) is 19.9 Å². The first-order valence-corrected chi connectivity index (χ1v) is 11.4. The van der Waals surface area contributed by atoms with Gasteiger partial charge in [0, 0.05) is 46.8 Å². The number of nitrogens with zero attached hydrogens (tertiary/aromatic N) is 4. The summed E-state index contributed by atoms with van der Waals surface area (Å²) in [6.45, 7) is 5.98. The number of hydrogen-bond donors (Lipinski definition) is 1. The summed E-state index contributed by atoms with van der Waals surface area (Å²) in [5, 5.41) is 5.74. The zero-order valence-electron chi connectivity index (χ0n) is 18.4. The zero-order valence-corrected chi connectivity index (χ0v) is 19.3. The van der Waals surface area contributed by atoms with Crippen LogP contribution in [0.1, 0.15) is 46.8 Å². The molecule has 1 aliphatic rings. The molecule has 2 N–H and O–H groups in total. The summed E-state index contributed by atoms with van der Waals surface area (Å²) in [4.78, 5) is 10.3. The third kappa shape index (κ3) is 3.35. The first-order chi connectivity index (χ1) is 15.4. The van der Waals surface area contributed by atoms with Crippen molar-refractivity contribution in [3.8, 4) is 28.1 Å². The maximum atomic E-state index is 14.3. The van der Waals surface area contributed by atoms with Crippen LogP contribution in [-0.4, -0.2) is 19.7 Å². The van der Waals surface area contributed by atoms with Crippen LogP contribution < -0.4 is 10.5 Å². The Morgan fingerprint density at radius 2 is 2.12 bits per heavy atom. The van der Waals surface area contributed by atoms with Crippen molar-refractivity contribution in [3.05, 3.63) is 63.1 Å². The van der Waals surface area contributed by atoms with E-state index >= 15 is 0 Å². The summed E-state index contributed by atoms with van der Waals surface area (Å²) in [5.41, 5.74) is 12.6. The molecule has 0 saturated carbocycles. The number of ether oxygens (including phenoxy) is 1. The molecule has 0 spiro atoms. The van der Waals surface area contributed by atoms with Crippen molar-refractivity contribution in [1.82, 2.24) is 19.7 Å². The Hall–Kier alpha value is -3.26. The number of benzene rings is 1. The second-order valence-electron chi connectivity index (χ2n) is 8.03. The van der Waals surface area contributed by atoms with Crippen LogP contribution in [0.3, 0.4) is 0 Å². The van der Waals surface area contributed by atoms with E-state index in [-0.39, 0.29) is 5.82 Å². The minimum atomic E-state index is -0.451. The van der Waals surface area contributed by atoms with Gasteiger partial charge in [-0.1, -0.05) is 6.92 Å². The first-order valence-electron chi connectivity index (χ1n) is 10.6. The average molecular weight is 450 g/mol. The smallest absolute Gasteiger partial charge is 0.166 e. The maximum absolute atomic E-state index is 14.3. The monoisotopic (exact) mass is 449 g/mol. The number of nitrogens with two attached hydrogens (primary N) is 1. The van der Waals surface area contributed by atoms with Crippen LogP contribution in [0.5, 0.6) is 5.75 Å². The molecule has 164 valence electrons. The molecule has 0 saturated heterocycles. The maximum Gasteiger partial charge on any atom is 0.166 e. The lowest BCUT2D eigenvalue weighted by Crippen LogP contribution is -2.09. The summed E-state index contributed by atoms with van der Waals surface area (Å²) in [6.07, 6.45) is 2.76. The van der Waals surface area contributed by atoms with Crippen LogP contribution in [0.25, 0.3) is 22.4 Å². The normalized spacial score (nSPS) is 15.1. The third-order valence-electron chi connectivity index (χ3n) is 5.89. The van der Waals surface area contributed by atoms with Gasteiger partial charge < -0.3 is 10.5 Å². The molecule has 4 heterocycles. The van der Waals surface area contributed by atoms with Gasteiger partial charge in [0.1, 0.15) is 11.9 Å². The summed E-state index contributed by atoms with van der Waals surface area (Å²) >= 11 is 1.65. The van der Waals surface area contributed by atoms with E-state index in [4.69, 9.17) is 20.6 Å². The highest BCUT2D eigenvalue weighted by Crippen LogP contribution is 2.40. The Labute approximate surface area is 189 Å². The SMILES string of the molecule is CCc1nn(C)c2c1-c1cnc(N)c(c1)OC(C)c1cc(F)ccc1-c1nc(C)sc1C2. The second-order valence-corrected chi connectivity index (χ2v) is 9.31. The van der Waals surface area contributed by atoms with Crippen molar-refractivity contribution in [2.24, 2.45) is 7.05 Å². The van der Waals surface area contributed by atoms with Gasteiger partial charge in [-0.05, 0) is 44.5 Å². The van der Waals surface area contributed by atoms with Gasteiger partial charge in [-0.3, -0.25) is 4.68 Å². The summed E-state index contributed by atoms with van der Waals surface area (Å²) < 4.78 is 22.5. The lowest BCUT2D eigenvalue weighted by atomic mass is 9.96. The molecular weight excluding hydrogens is 425 g/mol. The van der Waals surface area contributed by atoms with Gasteiger partial charge in [0.25, 0.3) is 0 Å². The molecule has 0 aliphatic carbocycles. The van der Waals surface area contributed by atoms with Gasteiger partial charge >= 0.3 is 0 Å². The molecule has 0 amide bonds. The van der Waals surface area contributed by atoms with Crippen molar-refractivity contribution in [2.45, 2.75) is 39.7 Å². The van der Waals surface area contributed by atoms with E-state index in [1.807, 2.05) is 31.6 Å². The molecule has 2 bridgehead atoms. The van der Waals surface area contributed by atoms with E-state index in [0.29, 0.717) is 18.0 Å². The molecular formula is C24H24FN5OS. The molecule has 32 heavy (non-hydrogen) atoms. The number of pyridine rings is 1. The second kappa shape index (κ2) is 7.70. The van der Waals surface area contributed by atoms with Crippen LogP contribution >= 0.6 is 11.3 Å². The molecule has 3 aromatic heterocycles. The lowest BCUT2D eigenvalue weighted by molar-refractivity contribution is 0.227. The number of halogens is 1. The summed E-state index contributed by atoms with van der Waals surface area (Å²) in [6, 6.07) is 6.69. The van der Waals surface area contributed by atoms with Crippen LogP contribution in [0.15, 0.2) is 30.5 Å². The molecule has 1 aliphatic heterocycles. The van der Waals surface area contributed by atoms with E-state index in [1.165, 1.54) is 12.1 Å². The Morgan fingerprint density at radius 1 is 1.31 bits per heavy atom. The molecule has 4 aromatic rings. The Balaban J connectivity index is 1.84. The van der Waals surface area contributed by atoms with Crippen molar-refractivity contribution >= 4 is 17.2 Å². The quantitative estimate of drug-likeness (QED) is 0.430. The van der Waals surface area contributed by atoms with Gasteiger partial charge in [0.15, 0.2) is 11.6 Å². The Morgan fingerprint density at radius 3 is 2.91 bits per heavy atom. The number of aryl methyl sites for hydroxylation is 3. The van der Waals surface area contributed by atoms with Gasteiger partial charge in [-0.2, -0.15) is 5.10 Å². The standard InChI is InChI=1S/C24H24FN5OS/c1-5-18-22-14-8-20(24(26)27-11-14)31-12(2)17-9-15(25)6-7-16(17)23-21(32-13(3)28-23)10-19(22)30(4)29-18/h6-9,11-12H,5,10H2,1-4H3,(H2,26,27). The van der Waals surface area contributed by atoms with Crippen molar-refractivity contribution in [3.63, 3.8) is 0 Å². The number of fused-ring (bicyclic) bond motifs is 7. The highest BCUT2D eigenvalue weighted by atomic mass is 32.1. The fourth-order valence-electron chi connectivity index (χ4n) is 4.38. The molecule has 1 aromatic carbocycles. The van der Waals surface area contributed by atoms with E-state index in [2.05, 4.69) is 11.9 Å². The van der Waals surface area contributed by atoms with Crippen LogP contribution in [0.4, 0.5) is 10.2 Å². The fraction of sp³-hybridized carbons (Fsp3) is 0.292. The minimum Gasteiger partial charge on any atom is -0.482 e. The minimum absolute atomic E-state index is 0.296. The highest BCUT2D eigenvalue weighted by Gasteiger charge is 2.25. The molecule has 1 atom stereocenters. The zero-order chi connectivity index (χ0) is 22.6. The Bertz CT molecular complexity index is 1340. The van der Waals surface area contributed by atoms with Crippen molar-refractivity contribution in [2.75, 3.05) is 5.73 Å². The summed E-state index contributed by atoms with van der Waals surface area (Å²) in [5.74, 6) is 0.447. The number of rotatable bonds is 1. The predicted molar refractivity (Wildman–Crippen MR) is 124 cm³/mol. The molecule has 5 rings (SSSR count).